The van der Waals surface area contributed by atoms with Crippen molar-refractivity contribution < 1.29 is 4.74 Å². The van der Waals surface area contributed by atoms with Crippen molar-refractivity contribution in [1.29, 1.82) is 0 Å². The van der Waals surface area contributed by atoms with Crippen molar-refractivity contribution in [1.82, 2.24) is 9.97 Å². The third-order valence-electron chi connectivity index (χ3n) is 4.19. The van der Waals surface area contributed by atoms with E-state index in [1.165, 1.54) is 5.56 Å². The van der Waals surface area contributed by atoms with Crippen LogP contribution in [0.25, 0.3) is 11.0 Å². The fraction of sp³-hybridized carbons (Fsp3) is 0.333. The van der Waals surface area contributed by atoms with Crippen LogP contribution in [-0.4, -0.2) is 29.2 Å². The number of ether oxygens (including phenoxy) is 1. The second-order valence-electron chi connectivity index (χ2n) is 6.02. The molecule has 5 heteroatoms. The van der Waals surface area contributed by atoms with E-state index in [2.05, 4.69) is 28.7 Å². The van der Waals surface area contributed by atoms with Gasteiger partial charge in [0.2, 0.25) is 0 Å². The first-order valence-electron chi connectivity index (χ1n) is 7.86. The Morgan fingerprint density at radius 2 is 1.91 bits per heavy atom. The molecule has 1 aliphatic heterocycles. The van der Waals surface area contributed by atoms with Crippen molar-refractivity contribution in [3.05, 3.63) is 52.3 Å². The number of hydrogen-bond acceptors (Lipinski definition) is 5. The average molecular weight is 325 g/mol. The molecule has 0 bridgehead atoms. The monoisotopic (exact) mass is 325 g/mol. The number of nitrogens with zero attached hydrogens (tertiary/aromatic N) is 3. The molecule has 4 rings (SSSR count). The molecule has 3 heterocycles. The fourth-order valence-electron chi connectivity index (χ4n) is 3.15. The van der Waals surface area contributed by atoms with Gasteiger partial charge in [0.15, 0.2) is 5.82 Å². The normalized spacial score (nSPS) is 21.7. The summed E-state index contributed by atoms with van der Waals surface area (Å²) in [5, 5.41) is 4.27. The molecule has 4 nitrogen and oxygen atoms in total. The van der Waals surface area contributed by atoms with Gasteiger partial charge in [-0.15, -0.1) is 0 Å². The molecule has 2 unspecified atom stereocenters. The van der Waals surface area contributed by atoms with Crippen molar-refractivity contribution in [3.63, 3.8) is 0 Å². The van der Waals surface area contributed by atoms with Gasteiger partial charge in [-0.25, -0.2) is 9.97 Å². The molecule has 2 aromatic heterocycles. The maximum absolute atomic E-state index is 6.13. The van der Waals surface area contributed by atoms with Gasteiger partial charge in [-0.3, -0.25) is 0 Å². The van der Waals surface area contributed by atoms with E-state index in [0.29, 0.717) is 0 Å². The number of morpholine rings is 1. The Bertz CT molecular complexity index is 818. The van der Waals surface area contributed by atoms with Crippen LogP contribution in [0, 0.1) is 6.92 Å². The quantitative estimate of drug-likeness (QED) is 0.715. The Balaban J connectivity index is 1.70. The molecule has 0 saturated carbocycles. The summed E-state index contributed by atoms with van der Waals surface area (Å²) in [5.74, 6) is 0.971. The Hall–Kier alpha value is -1.98. The SMILES string of the molecule is Cc1nc2ccccc2nc1N1CC(C)OC(c2ccsc2)C1. The summed E-state index contributed by atoms with van der Waals surface area (Å²) in [7, 11) is 0. The summed E-state index contributed by atoms with van der Waals surface area (Å²) in [6.45, 7) is 5.81. The van der Waals surface area contributed by atoms with E-state index < -0.39 is 0 Å². The van der Waals surface area contributed by atoms with E-state index >= 15 is 0 Å². The van der Waals surface area contributed by atoms with Gasteiger partial charge >= 0.3 is 0 Å². The molecular formula is C18H19N3OS. The number of rotatable bonds is 2. The van der Waals surface area contributed by atoms with Crippen LogP contribution in [0.1, 0.15) is 24.3 Å². The van der Waals surface area contributed by atoms with Gasteiger partial charge in [0.25, 0.3) is 0 Å². The molecule has 0 radical (unpaired) electrons. The maximum Gasteiger partial charge on any atom is 0.150 e. The predicted octanol–water partition coefficient (Wildman–Crippen LogP) is 3.97. The van der Waals surface area contributed by atoms with E-state index in [9.17, 15) is 0 Å². The van der Waals surface area contributed by atoms with Crippen LogP contribution in [0.5, 0.6) is 0 Å². The first-order valence-corrected chi connectivity index (χ1v) is 8.81. The van der Waals surface area contributed by atoms with Gasteiger partial charge in [-0.1, -0.05) is 12.1 Å². The number of fused-ring (bicyclic) bond motifs is 1. The lowest BCUT2D eigenvalue weighted by Gasteiger charge is -2.37. The molecule has 0 aliphatic carbocycles. The van der Waals surface area contributed by atoms with Gasteiger partial charge in [0.1, 0.15) is 6.10 Å². The Labute approximate surface area is 139 Å². The summed E-state index contributed by atoms with van der Waals surface area (Å²) >= 11 is 1.71. The standard InChI is InChI=1S/C18H19N3OS/c1-12-9-21(10-17(22-12)14-7-8-23-11-14)18-13(2)19-15-5-3-4-6-16(15)20-18/h3-8,11-12,17H,9-10H2,1-2H3. The van der Waals surface area contributed by atoms with Gasteiger partial charge in [-0.2, -0.15) is 11.3 Å². The largest absolute Gasteiger partial charge is 0.367 e. The molecular weight excluding hydrogens is 306 g/mol. The fourth-order valence-corrected chi connectivity index (χ4v) is 3.85. The van der Waals surface area contributed by atoms with Crippen LogP contribution >= 0.6 is 11.3 Å². The third kappa shape index (κ3) is 2.82. The molecule has 0 spiro atoms. The second kappa shape index (κ2) is 5.91. The van der Waals surface area contributed by atoms with Crippen LogP contribution < -0.4 is 4.90 Å². The number of hydrogen-bond donors (Lipinski definition) is 0. The number of thiophene rings is 1. The molecule has 1 aliphatic rings. The van der Waals surface area contributed by atoms with Crippen molar-refractivity contribution in [2.24, 2.45) is 0 Å². The minimum absolute atomic E-state index is 0.0951. The lowest BCUT2D eigenvalue weighted by Crippen LogP contribution is -2.43. The summed E-state index contributed by atoms with van der Waals surface area (Å²) in [6, 6.07) is 10.2. The molecule has 1 saturated heterocycles. The van der Waals surface area contributed by atoms with Crippen LogP contribution in [-0.2, 0) is 4.74 Å². The summed E-state index contributed by atoms with van der Waals surface area (Å²) in [6.07, 6.45) is 0.263. The van der Waals surface area contributed by atoms with E-state index in [0.717, 1.165) is 35.6 Å². The van der Waals surface area contributed by atoms with Crippen molar-refractivity contribution in [3.8, 4) is 0 Å². The first kappa shape index (κ1) is 14.6. The Morgan fingerprint density at radius 3 is 2.65 bits per heavy atom. The highest BCUT2D eigenvalue weighted by Gasteiger charge is 2.28. The van der Waals surface area contributed by atoms with Crippen LogP contribution in [0.15, 0.2) is 41.1 Å². The Morgan fingerprint density at radius 1 is 1.13 bits per heavy atom. The predicted molar refractivity (Wildman–Crippen MR) is 94.1 cm³/mol. The van der Waals surface area contributed by atoms with Crippen molar-refractivity contribution >= 4 is 28.2 Å². The molecule has 1 aromatic carbocycles. The van der Waals surface area contributed by atoms with Gasteiger partial charge in [0, 0.05) is 13.1 Å². The minimum atomic E-state index is 0.0951. The number of para-hydroxylation sites is 2. The zero-order valence-corrected chi connectivity index (χ0v) is 14.1. The zero-order chi connectivity index (χ0) is 15.8. The van der Waals surface area contributed by atoms with Crippen LogP contribution in [0.4, 0.5) is 5.82 Å². The number of anilines is 1. The van der Waals surface area contributed by atoms with E-state index in [1.807, 2.05) is 31.2 Å². The van der Waals surface area contributed by atoms with Gasteiger partial charge < -0.3 is 9.64 Å². The number of aryl methyl sites for hydroxylation is 1. The minimum Gasteiger partial charge on any atom is -0.367 e. The molecule has 0 amide bonds. The molecule has 0 N–H and O–H groups in total. The highest BCUT2D eigenvalue weighted by atomic mass is 32.1. The molecule has 2 atom stereocenters. The van der Waals surface area contributed by atoms with Gasteiger partial charge in [-0.05, 0) is 48.4 Å². The average Bonchev–Trinajstić information content (AvgIpc) is 3.08. The molecule has 118 valence electrons. The number of benzene rings is 1. The number of aromatic nitrogens is 2. The summed E-state index contributed by atoms with van der Waals surface area (Å²) < 4.78 is 6.13. The maximum atomic E-state index is 6.13. The van der Waals surface area contributed by atoms with Crippen LogP contribution in [0.2, 0.25) is 0 Å². The lowest BCUT2D eigenvalue weighted by atomic mass is 10.1. The third-order valence-corrected chi connectivity index (χ3v) is 4.90. The van der Waals surface area contributed by atoms with Crippen molar-refractivity contribution in [2.45, 2.75) is 26.1 Å². The van der Waals surface area contributed by atoms with Gasteiger partial charge in [0.05, 0.1) is 22.8 Å². The lowest BCUT2D eigenvalue weighted by molar-refractivity contribution is -0.0174. The summed E-state index contributed by atoms with van der Waals surface area (Å²) in [4.78, 5) is 11.9. The van der Waals surface area contributed by atoms with Crippen LogP contribution in [0.3, 0.4) is 0 Å². The van der Waals surface area contributed by atoms with E-state index in [4.69, 9.17) is 14.7 Å². The molecule has 1 fully saturated rings. The zero-order valence-electron chi connectivity index (χ0n) is 13.3. The first-order chi connectivity index (χ1) is 11.2. The summed E-state index contributed by atoms with van der Waals surface area (Å²) in [5.41, 5.74) is 4.11. The Kier molecular flexibility index (Phi) is 3.75. The second-order valence-corrected chi connectivity index (χ2v) is 6.80. The van der Waals surface area contributed by atoms with E-state index in [-0.39, 0.29) is 12.2 Å². The molecule has 23 heavy (non-hydrogen) atoms. The smallest absolute Gasteiger partial charge is 0.150 e. The molecule has 3 aromatic rings. The van der Waals surface area contributed by atoms with E-state index in [1.54, 1.807) is 11.3 Å². The topological polar surface area (TPSA) is 38.2 Å². The van der Waals surface area contributed by atoms with Crippen molar-refractivity contribution in [2.75, 3.05) is 18.0 Å². The highest BCUT2D eigenvalue weighted by Crippen LogP contribution is 2.30. The highest BCUT2D eigenvalue weighted by molar-refractivity contribution is 7.07.